The zero-order chi connectivity index (χ0) is 14.8. The molecule has 2 amide bonds. The maximum absolute atomic E-state index is 12.5. The van der Waals surface area contributed by atoms with Crippen molar-refractivity contribution in [2.24, 2.45) is 0 Å². The molecule has 0 aromatic heterocycles. The van der Waals surface area contributed by atoms with Crippen molar-refractivity contribution >= 4 is 29.3 Å². The van der Waals surface area contributed by atoms with Crippen LogP contribution in [0, 0.1) is 0 Å². The topological polar surface area (TPSA) is 49.4 Å². The fourth-order valence-corrected chi connectivity index (χ4v) is 3.49. The van der Waals surface area contributed by atoms with Crippen LogP contribution in [0.5, 0.6) is 0 Å². The molecule has 1 heterocycles. The van der Waals surface area contributed by atoms with Crippen molar-refractivity contribution in [1.29, 1.82) is 0 Å². The monoisotopic (exact) mass is 292 g/mol. The normalized spacial score (nSPS) is 21.6. The molecule has 0 spiro atoms. The van der Waals surface area contributed by atoms with Crippen LogP contribution in [0.2, 0.25) is 0 Å². The number of hydrogen-bond donors (Lipinski definition) is 1. The van der Waals surface area contributed by atoms with Crippen molar-refractivity contribution in [3.05, 3.63) is 24.3 Å². The largest absolute Gasteiger partial charge is 0.354 e. The van der Waals surface area contributed by atoms with Crippen LogP contribution in [-0.2, 0) is 9.59 Å². The SMILES string of the molecule is CCCCNC(=O)[C@@]1(C)Sc2ccccc2N(C)C1=O. The maximum Gasteiger partial charge on any atom is 0.252 e. The number of unbranched alkanes of at least 4 members (excludes halogenated alkanes) is 1. The predicted octanol–water partition coefficient (Wildman–Crippen LogP) is 2.43. The first kappa shape index (κ1) is 14.9. The van der Waals surface area contributed by atoms with Crippen LogP contribution in [0.4, 0.5) is 5.69 Å². The number of thioether (sulfide) groups is 1. The summed E-state index contributed by atoms with van der Waals surface area (Å²) >= 11 is 1.33. The zero-order valence-corrected chi connectivity index (χ0v) is 12.9. The van der Waals surface area contributed by atoms with Crippen molar-refractivity contribution in [1.82, 2.24) is 5.32 Å². The minimum absolute atomic E-state index is 0.171. The van der Waals surface area contributed by atoms with Crippen molar-refractivity contribution in [3.8, 4) is 0 Å². The Morgan fingerprint density at radius 1 is 1.40 bits per heavy atom. The van der Waals surface area contributed by atoms with Crippen molar-refractivity contribution in [3.63, 3.8) is 0 Å². The Morgan fingerprint density at radius 2 is 2.10 bits per heavy atom. The first-order valence-electron chi connectivity index (χ1n) is 6.85. The van der Waals surface area contributed by atoms with Crippen LogP contribution < -0.4 is 10.2 Å². The van der Waals surface area contributed by atoms with Gasteiger partial charge in [0.15, 0.2) is 4.75 Å². The van der Waals surface area contributed by atoms with Gasteiger partial charge in [0.25, 0.3) is 5.91 Å². The van der Waals surface area contributed by atoms with Crippen LogP contribution in [0.3, 0.4) is 0 Å². The summed E-state index contributed by atoms with van der Waals surface area (Å²) in [5.74, 6) is -0.377. The highest BCUT2D eigenvalue weighted by molar-refractivity contribution is 8.02. The average molecular weight is 292 g/mol. The van der Waals surface area contributed by atoms with Gasteiger partial charge in [-0.1, -0.05) is 37.2 Å². The number of nitrogens with zero attached hydrogens (tertiary/aromatic N) is 1. The Kier molecular flexibility index (Phi) is 4.38. The van der Waals surface area contributed by atoms with Crippen LogP contribution >= 0.6 is 11.8 Å². The summed E-state index contributed by atoms with van der Waals surface area (Å²) in [6, 6.07) is 7.66. The number of nitrogens with one attached hydrogen (secondary N) is 1. The van der Waals surface area contributed by atoms with Gasteiger partial charge >= 0.3 is 0 Å². The average Bonchev–Trinajstić information content (AvgIpc) is 2.45. The summed E-state index contributed by atoms with van der Waals surface area (Å²) in [5.41, 5.74) is 0.862. The van der Waals surface area contributed by atoms with E-state index in [1.165, 1.54) is 11.8 Å². The molecule has 0 fully saturated rings. The molecular weight excluding hydrogens is 272 g/mol. The number of fused-ring (bicyclic) bond motifs is 1. The fraction of sp³-hybridized carbons (Fsp3) is 0.467. The summed E-state index contributed by atoms with van der Waals surface area (Å²) in [6.07, 6.45) is 1.94. The van der Waals surface area contributed by atoms with Crippen molar-refractivity contribution in [2.75, 3.05) is 18.5 Å². The molecule has 108 valence electrons. The summed E-state index contributed by atoms with van der Waals surface area (Å²) in [6.45, 7) is 4.39. The molecule has 0 bridgehead atoms. The number of benzene rings is 1. The summed E-state index contributed by atoms with van der Waals surface area (Å²) in [4.78, 5) is 27.4. The Bertz CT molecular complexity index is 532. The molecule has 0 radical (unpaired) electrons. The molecule has 1 aromatic rings. The van der Waals surface area contributed by atoms with Gasteiger partial charge in [-0.2, -0.15) is 0 Å². The van der Waals surface area contributed by atoms with Crippen LogP contribution in [0.25, 0.3) is 0 Å². The van der Waals surface area contributed by atoms with E-state index in [1.807, 2.05) is 24.3 Å². The van der Waals surface area contributed by atoms with E-state index in [1.54, 1.807) is 18.9 Å². The lowest BCUT2D eigenvalue weighted by atomic mass is 10.1. The number of carbonyl (C=O) groups is 2. The Hall–Kier alpha value is -1.49. The summed E-state index contributed by atoms with van der Waals surface area (Å²) in [5, 5.41) is 2.87. The fourth-order valence-electron chi connectivity index (χ4n) is 2.20. The molecule has 4 nitrogen and oxygen atoms in total. The number of carbonyl (C=O) groups excluding carboxylic acids is 2. The number of hydrogen-bond acceptors (Lipinski definition) is 3. The van der Waals surface area contributed by atoms with E-state index in [9.17, 15) is 9.59 Å². The standard InChI is InChI=1S/C15H20N2O2S/c1-4-5-10-16-13(18)15(2)14(19)17(3)11-8-6-7-9-12(11)20-15/h6-9H,4-5,10H2,1-3H3,(H,16,18)/t15-/m1/s1. The molecule has 2 rings (SSSR count). The molecule has 1 atom stereocenters. The molecule has 0 aliphatic carbocycles. The maximum atomic E-state index is 12.5. The van der Waals surface area contributed by atoms with Crippen LogP contribution in [-0.4, -0.2) is 30.2 Å². The quantitative estimate of drug-likeness (QED) is 0.685. The lowest BCUT2D eigenvalue weighted by molar-refractivity contribution is -0.131. The Balaban J connectivity index is 2.24. The van der Waals surface area contributed by atoms with Gasteiger partial charge in [0.2, 0.25) is 5.91 Å². The smallest absolute Gasteiger partial charge is 0.252 e. The number of anilines is 1. The van der Waals surface area contributed by atoms with Gasteiger partial charge in [-0.25, -0.2) is 0 Å². The third-order valence-corrected chi connectivity index (χ3v) is 4.84. The molecule has 1 aromatic carbocycles. The van der Waals surface area contributed by atoms with Crippen molar-refractivity contribution < 1.29 is 9.59 Å². The van der Waals surface area contributed by atoms with E-state index in [2.05, 4.69) is 12.2 Å². The van der Waals surface area contributed by atoms with E-state index in [0.717, 1.165) is 23.4 Å². The Labute approximate surface area is 123 Å². The predicted molar refractivity (Wildman–Crippen MR) is 82.0 cm³/mol. The minimum Gasteiger partial charge on any atom is -0.354 e. The van der Waals surface area contributed by atoms with Gasteiger partial charge < -0.3 is 10.2 Å². The second-order valence-electron chi connectivity index (χ2n) is 5.08. The van der Waals surface area contributed by atoms with E-state index >= 15 is 0 Å². The summed E-state index contributed by atoms with van der Waals surface area (Å²) < 4.78 is -1.09. The Morgan fingerprint density at radius 3 is 2.80 bits per heavy atom. The third kappa shape index (κ3) is 2.54. The molecular formula is C15H20N2O2S. The molecule has 20 heavy (non-hydrogen) atoms. The second-order valence-corrected chi connectivity index (χ2v) is 6.54. The highest BCUT2D eigenvalue weighted by Crippen LogP contribution is 2.44. The van der Waals surface area contributed by atoms with E-state index in [4.69, 9.17) is 0 Å². The van der Waals surface area contributed by atoms with Gasteiger partial charge in [0.1, 0.15) is 0 Å². The van der Waals surface area contributed by atoms with E-state index < -0.39 is 4.75 Å². The van der Waals surface area contributed by atoms with Gasteiger partial charge in [0.05, 0.1) is 5.69 Å². The van der Waals surface area contributed by atoms with Gasteiger partial charge in [-0.15, -0.1) is 0 Å². The van der Waals surface area contributed by atoms with E-state index in [-0.39, 0.29) is 11.8 Å². The lowest BCUT2D eigenvalue weighted by Gasteiger charge is -2.36. The molecule has 0 unspecified atom stereocenters. The first-order valence-corrected chi connectivity index (χ1v) is 7.67. The van der Waals surface area contributed by atoms with Crippen molar-refractivity contribution in [2.45, 2.75) is 36.3 Å². The van der Waals surface area contributed by atoms with Gasteiger partial charge in [-0.05, 0) is 25.5 Å². The highest BCUT2D eigenvalue weighted by Gasteiger charge is 2.47. The lowest BCUT2D eigenvalue weighted by Crippen LogP contribution is -2.55. The molecule has 0 saturated carbocycles. The highest BCUT2D eigenvalue weighted by atomic mass is 32.2. The van der Waals surface area contributed by atoms with Gasteiger partial charge in [0, 0.05) is 18.5 Å². The molecule has 1 aliphatic heterocycles. The molecule has 1 N–H and O–H groups in total. The van der Waals surface area contributed by atoms with Gasteiger partial charge in [-0.3, -0.25) is 9.59 Å². The zero-order valence-electron chi connectivity index (χ0n) is 12.1. The number of amides is 2. The number of para-hydroxylation sites is 1. The first-order chi connectivity index (χ1) is 9.50. The molecule has 0 saturated heterocycles. The minimum atomic E-state index is -1.09. The van der Waals surface area contributed by atoms with E-state index in [0.29, 0.717) is 6.54 Å². The van der Waals surface area contributed by atoms with Crippen LogP contribution in [0.15, 0.2) is 29.2 Å². The number of rotatable bonds is 4. The van der Waals surface area contributed by atoms with Crippen LogP contribution in [0.1, 0.15) is 26.7 Å². The molecule has 1 aliphatic rings. The molecule has 5 heteroatoms. The second kappa shape index (κ2) is 5.87. The third-order valence-electron chi connectivity index (χ3n) is 3.50. The summed E-state index contributed by atoms with van der Waals surface area (Å²) in [7, 11) is 1.72.